The van der Waals surface area contributed by atoms with Crippen LogP contribution in [0.15, 0.2) is 46.3 Å². The average molecular weight is 394 g/mol. The number of anilines is 1. The van der Waals surface area contributed by atoms with Crippen molar-refractivity contribution >= 4 is 21.7 Å². The van der Waals surface area contributed by atoms with Crippen molar-refractivity contribution < 1.29 is 17.2 Å². The molecule has 0 atom stereocenters. The molecule has 0 saturated heterocycles. The normalized spacial score (nSPS) is 14.2. The molecule has 0 aliphatic heterocycles. The highest BCUT2D eigenvalue weighted by molar-refractivity contribution is 7.89. The summed E-state index contributed by atoms with van der Waals surface area (Å²) >= 11 is 0. The highest BCUT2D eigenvalue weighted by Crippen LogP contribution is 2.24. The Labute approximate surface area is 156 Å². The molecule has 0 fully saturated rings. The minimum atomic E-state index is -4.09. The maximum Gasteiger partial charge on any atom is 0.243 e. The fourth-order valence-corrected chi connectivity index (χ4v) is 4.04. The molecule has 0 heterocycles. The second kappa shape index (κ2) is 8.01. The van der Waals surface area contributed by atoms with Crippen LogP contribution < -0.4 is 15.8 Å². The highest BCUT2D eigenvalue weighted by atomic mass is 32.2. The highest BCUT2D eigenvalue weighted by Gasteiger charge is 2.18. The molecule has 0 radical (unpaired) electrons. The number of sulfonamides is 1. The van der Waals surface area contributed by atoms with Crippen LogP contribution >= 0.6 is 0 Å². The molecule has 0 bridgehead atoms. The van der Waals surface area contributed by atoms with E-state index in [0.29, 0.717) is 6.07 Å². The van der Waals surface area contributed by atoms with E-state index in [9.17, 15) is 17.2 Å². The van der Waals surface area contributed by atoms with Gasteiger partial charge in [-0.05, 0) is 54.7 Å². The van der Waals surface area contributed by atoms with E-state index >= 15 is 0 Å². The van der Waals surface area contributed by atoms with Crippen molar-refractivity contribution in [3.63, 3.8) is 0 Å². The number of guanidine groups is 1. The standard InChI is InChI=1S/C18H20F2N4O2S/c19-14-5-7-17(16(20)11-14)27(25,26)23-9-8-22-18(21)24-15-6-4-12-2-1-3-13(12)10-15/h4-7,10-11,23H,1-3,8-9H2,(H3,21,22,24). The molecular weight excluding hydrogens is 374 g/mol. The molecule has 9 heteroatoms. The summed E-state index contributed by atoms with van der Waals surface area (Å²) < 4.78 is 52.8. The lowest BCUT2D eigenvalue weighted by Crippen LogP contribution is -2.29. The second-order valence-electron chi connectivity index (χ2n) is 6.20. The summed E-state index contributed by atoms with van der Waals surface area (Å²) in [4.78, 5) is 3.44. The summed E-state index contributed by atoms with van der Waals surface area (Å²) in [6.07, 6.45) is 3.29. The number of fused-ring (bicyclic) bond motifs is 1. The van der Waals surface area contributed by atoms with Gasteiger partial charge in [0, 0.05) is 18.3 Å². The molecule has 0 saturated carbocycles. The molecule has 0 spiro atoms. The first-order chi connectivity index (χ1) is 12.8. The average Bonchev–Trinajstić information content (AvgIpc) is 3.06. The molecule has 144 valence electrons. The third-order valence-corrected chi connectivity index (χ3v) is 5.73. The summed E-state index contributed by atoms with van der Waals surface area (Å²) in [5.74, 6) is -1.84. The molecule has 0 amide bonds. The summed E-state index contributed by atoms with van der Waals surface area (Å²) in [7, 11) is -4.09. The molecule has 0 unspecified atom stereocenters. The maximum absolute atomic E-state index is 13.6. The number of halogens is 2. The zero-order valence-corrected chi connectivity index (χ0v) is 15.3. The zero-order valence-electron chi connectivity index (χ0n) is 14.5. The van der Waals surface area contributed by atoms with Crippen LogP contribution in [0, 0.1) is 11.6 Å². The summed E-state index contributed by atoms with van der Waals surface area (Å²) in [6.45, 7) is -0.0163. The Morgan fingerprint density at radius 3 is 2.67 bits per heavy atom. The van der Waals surface area contributed by atoms with Gasteiger partial charge in [-0.25, -0.2) is 21.9 Å². The molecule has 0 aromatic heterocycles. The Morgan fingerprint density at radius 1 is 1.11 bits per heavy atom. The molecule has 1 aliphatic carbocycles. The van der Waals surface area contributed by atoms with Crippen molar-refractivity contribution in [1.29, 1.82) is 0 Å². The zero-order chi connectivity index (χ0) is 19.4. The molecule has 1 aliphatic rings. The van der Waals surface area contributed by atoms with E-state index < -0.39 is 26.6 Å². The summed E-state index contributed by atoms with van der Waals surface area (Å²) in [5.41, 5.74) is 9.28. The van der Waals surface area contributed by atoms with E-state index in [1.165, 1.54) is 11.1 Å². The Kier molecular flexibility index (Phi) is 5.71. The predicted octanol–water partition coefficient (Wildman–Crippen LogP) is 2.16. The number of nitrogens with two attached hydrogens (primary N) is 1. The third-order valence-electron chi connectivity index (χ3n) is 4.24. The van der Waals surface area contributed by atoms with Gasteiger partial charge >= 0.3 is 0 Å². The molecule has 6 nitrogen and oxygen atoms in total. The molecule has 4 N–H and O–H groups in total. The van der Waals surface area contributed by atoms with Gasteiger partial charge < -0.3 is 11.1 Å². The van der Waals surface area contributed by atoms with Crippen LogP contribution in [-0.2, 0) is 22.9 Å². The molecular formula is C18H20F2N4O2S. The van der Waals surface area contributed by atoms with Crippen LogP contribution in [0.4, 0.5) is 14.5 Å². The third kappa shape index (κ3) is 4.81. The van der Waals surface area contributed by atoms with Crippen molar-refractivity contribution in [2.45, 2.75) is 24.2 Å². The van der Waals surface area contributed by atoms with E-state index in [2.05, 4.69) is 21.1 Å². The van der Waals surface area contributed by atoms with Gasteiger partial charge in [-0.2, -0.15) is 0 Å². The lowest BCUT2D eigenvalue weighted by molar-refractivity contribution is 0.543. The van der Waals surface area contributed by atoms with Crippen molar-refractivity contribution in [1.82, 2.24) is 4.72 Å². The van der Waals surface area contributed by atoms with Crippen molar-refractivity contribution in [3.8, 4) is 0 Å². The fourth-order valence-electron chi connectivity index (χ4n) is 2.96. The van der Waals surface area contributed by atoms with Gasteiger partial charge in [0.15, 0.2) is 5.96 Å². The number of aliphatic imine (C=N–C) groups is 1. The van der Waals surface area contributed by atoms with E-state index in [1.54, 1.807) is 0 Å². The van der Waals surface area contributed by atoms with Crippen LogP contribution in [0.1, 0.15) is 17.5 Å². The van der Waals surface area contributed by atoms with Crippen LogP contribution in [0.25, 0.3) is 0 Å². The number of benzene rings is 2. The largest absolute Gasteiger partial charge is 0.370 e. The quantitative estimate of drug-likeness (QED) is 0.397. The first kappa shape index (κ1) is 19.2. The first-order valence-electron chi connectivity index (χ1n) is 8.48. The second-order valence-corrected chi connectivity index (χ2v) is 7.94. The number of nitrogens with zero attached hydrogens (tertiary/aromatic N) is 1. The minimum Gasteiger partial charge on any atom is -0.370 e. The molecule has 2 aromatic rings. The Hall–Kier alpha value is -2.52. The SMILES string of the molecule is NC(=NCCNS(=O)(=O)c1ccc(F)cc1F)Nc1ccc2c(c1)CCC2. The predicted molar refractivity (Wildman–Crippen MR) is 100 cm³/mol. The van der Waals surface area contributed by atoms with Crippen LogP contribution in [-0.4, -0.2) is 27.5 Å². The summed E-state index contributed by atoms with van der Waals surface area (Å²) in [5, 5.41) is 2.97. The van der Waals surface area contributed by atoms with Gasteiger partial charge in [-0.3, -0.25) is 4.99 Å². The van der Waals surface area contributed by atoms with Crippen LogP contribution in [0.5, 0.6) is 0 Å². The van der Waals surface area contributed by atoms with Crippen molar-refractivity contribution in [2.75, 3.05) is 18.4 Å². The van der Waals surface area contributed by atoms with Crippen molar-refractivity contribution in [3.05, 3.63) is 59.2 Å². The molecule has 27 heavy (non-hydrogen) atoms. The number of aryl methyl sites for hydroxylation is 2. The van der Waals surface area contributed by atoms with E-state index in [-0.39, 0.29) is 19.0 Å². The Bertz CT molecular complexity index is 977. The smallest absolute Gasteiger partial charge is 0.243 e. The van der Waals surface area contributed by atoms with E-state index in [0.717, 1.165) is 37.1 Å². The monoisotopic (exact) mass is 394 g/mol. The Balaban J connectivity index is 1.54. The van der Waals surface area contributed by atoms with Crippen molar-refractivity contribution in [2.24, 2.45) is 10.7 Å². The number of rotatable bonds is 6. The number of hydrogen-bond donors (Lipinski definition) is 3. The van der Waals surface area contributed by atoms with Gasteiger partial charge in [-0.15, -0.1) is 0 Å². The number of nitrogens with one attached hydrogen (secondary N) is 2. The lowest BCUT2D eigenvalue weighted by Gasteiger charge is -2.09. The van der Waals surface area contributed by atoms with Gasteiger partial charge in [0.25, 0.3) is 0 Å². The van der Waals surface area contributed by atoms with Gasteiger partial charge in [-0.1, -0.05) is 6.07 Å². The molecule has 2 aromatic carbocycles. The van der Waals surface area contributed by atoms with E-state index in [1.807, 2.05) is 12.1 Å². The maximum atomic E-state index is 13.6. The topological polar surface area (TPSA) is 96.6 Å². The fraction of sp³-hybridized carbons (Fsp3) is 0.278. The first-order valence-corrected chi connectivity index (χ1v) is 9.97. The summed E-state index contributed by atoms with van der Waals surface area (Å²) in [6, 6.07) is 8.29. The van der Waals surface area contributed by atoms with Crippen LogP contribution in [0.2, 0.25) is 0 Å². The molecule has 3 rings (SSSR count). The van der Waals surface area contributed by atoms with Gasteiger partial charge in [0.1, 0.15) is 16.5 Å². The van der Waals surface area contributed by atoms with Crippen LogP contribution in [0.3, 0.4) is 0 Å². The number of hydrogen-bond acceptors (Lipinski definition) is 3. The van der Waals surface area contributed by atoms with E-state index in [4.69, 9.17) is 5.73 Å². The Morgan fingerprint density at radius 2 is 1.89 bits per heavy atom. The lowest BCUT2D eigenvalue weighted by atomic mass is 10.1. The minimum absolute atomic E-state index is 0.0613. The van der Waals surface area contributed by atoms with Gasteiger partial charge in [0.2, 0.25) is 10.0 Å². The van der Waals surface area contributed by atoms with Gasteiger partial charge in [0.05, 0.1) is 6.54 Å².